The number of H-pyrrole nitrogens is 1. The average Bonchev–Trinajstić information content (AvgIpc) is 2.74. The Morgan fingerprint density at radius 2 is 1.75 bits per heavy atom. The molecule has 0 aromatic carbocycles. The van der Waals surface area contributed by atoms with Crippen molar-refractivity contribution in [2.75, 3.05) is 42.9 Å². The summed E-state index contributed by atoms with van der Waals surface area (Å²) in [6.45, 7) is 1.96. The predicted octanol–water partition coefficient (Wildman–Crippen LogP) is 1.67. The first-order chi connectivity index (χ1) is 15.0. The van der Waals surface area contributed by atoms with Gasteiger partial charge in [0.05, 0.1) is 0 Å². The number of alkyl halides is 5. The van der Waals surface area contributed by atoms with E-state index in [2.05, 4.69) is 20.4 Å². The van der Waals surface area contributed by atoms with Crippen molar-refractivity contribution in [3.8, 4) is 0 Å². The van der Waals surface area contributed by atoms with Crippen LogP contribution in [0.2, 0.25) is 0 Å². The van der Waals surface area contributed by atoms with Crippen molar-refractivity contribution in [2.24, 2.45) is 0 Å². The normalized spacial score (nSPS) is 15.1. The summed E-state index contributed by atoms with van der Waals surface area (Å²) in [6.07, 6.45) is -2.61. The van der Waals surface area contributed by atoms with Gasteiger partial charge in [-0.05, 0) is 12.5 Å². The van der Waals surface area contributed by atoms with Gasteiger partial charge in [-0.1, -0.05) is 0 Å². The number of rotatable bonds is 6. The van der Waals surface area contributed by atoms with E-state index in [0.29, 0.717) is 12.0 Å². The number of nitrogens with zero attached hydrogens (tertiary/aromatic N) is 5. The molecule has 2 N–H and O–H groups in total. The van der Waals surface area contributed by atoms with Gasteiger partial charge in [-0.2, -0.15) is 27.1 Å². The molecule has 1 aliphatic rings. The predicted molar refractivity (Wildman–Crippen MR) is 103 cm³/mol. The van der Waals surface area contributed by atoms with E-state index in [1.165, 1.54) is 0 Å². The van der Waals surface area contributed by atoms with E-state index in [1.807, 2.05) is 6.92 Å². The third-order valence-corrected chi connectivity index (χ3v) is 4.78. The first-order valence-corrected chi connectivity index (χ1v) is 9.59. The summed E-state index contributed by atoms with van der Waals surface area (Å²) in [5.41, 5.74) is -2.07. The number of amides is 1. The van der Waals surface area contributed by atoms with Crippen LogP contribution in [0.4, 0.5) is 33.7 Å². The molecule has 9 nitrogen and oxygen atoms in total. The van der Waals surface area contributed by atoms with Crippen LogP contribution in [0.15, 0.2) is 23.3 Å². The molecule has 1 fully saturated rings. The first-order valence-electron chi connectivity index (χ1n) is 9.59. The van der Waals surface area contributed by atoms with Crippen LogP contribution in [0.5, 0.6) is 0 Å². The highest BCUT2D eigenvalue weighted by Gasteiger charge is 2.42. The van der Waals surface area contributed by atoms with Crippen molar-refractivity contribution in [2.45, 2.75) is 25.4 Å². The molecule has 0 aliphatic carbocycles. The number of carbonyl (C=O) groups is 1. The maximum atomic E-state index is 14.4. The Hall–Kier alpha value is -3.32. The van der Waals surface area contributed by atoms with Gasteiger partial charge in [0, 0.05) is 57.6 Å². The Balaban J connectivity index is 1.53. The SMILES string of the molecule is Cc1cnc(N2CCN(C(=O)C(F)(F)CCNc3cc(C(F)(F)F)c(=O)[nH]n3)CC2)nc1. The number of piperazine rings is 1. The summed E-state index contributed by atoms with van der Waals surface area (Å²) >= 11 is 0. The third kappa shape index (κ3) is 5.48. The Kier molecular flexibility index (Phi) is 6.60. The molecule has 14 heteroatoms. The van der Waals surface area contributed by atoms with Gasteiger partial charge in [0.1, 0.15) is 11.4 Å². The standard InChI is InChI=1S/C18H20F5N7O2/c1-11-9-25-16(26-10-11)30-6-4-29(5-7-30)15(32)17(19,20)2-3-24-13-8-12(18(21,22)23)14(31)28-27-13/h8-10H,2-7H2,1H3,(H,24,27)(H,28,31). The monoisotopic (exact) mass is 461 g/mol. The van der Waals surface area contributed by atoms with E-state index in [-0.39, 0.29) is 26.2 Å². The minimum Gasteiger partial charge on any atom is -0.368 e. The van der Waals surface area contributed by atoms with Gasteiger partial charge in [-0.25, -0.2) is 15.1 Å². The fourth-order valence-corrected chi connectivity index (χ4v) is 3.05. The number of aryl methyl sites for hydroxylation is 1. The van der Waals surface area contributed by atoms with Crippen molar-refractivity contribution < 1.29 is 26.7 Å². The van der Waals surface area contributed by atoms with E-state index < -0.39 is 47.9 Å². The van der Waals surface area contributed by atoms with Crippen LogP contribution >= 0.6 is 0 Å². The summed E-state index contributed by atoms with van der Waals surface area (Å²) in [7, 11) is 0. The van der Waals surface area contributed by atoms with Crippen molar-refractivity contribution >= 4 is 17.7 Å². The van der Waals surface area contributed by atoms with Crippen LogP contribution in [-0.4, -0.2) is 69.6 Å². The van der Waals surface area contributed by atoms with E-state index in [9.17, 15) is 31.5 Å². The number of hydrogen-bond acceptors (Lipinski definition) is 7. The van der Waals surface area contributed by atoms with Gasteiger partial charge in [-0.15, -0.1) is 0 Å². The topological polar surface area (TPSA) is 107 Å². The molecule has 1 saturated heterocycles. The molecule has 2 aromatic rings. The molecular weight excluding hydrogens is 441 g/mol. The van der Waals surface area contributed by atoms with Crippen LogP contribution in [-0.2, 0) is 11.0 Å². The highest BCUT2D eigenvalue weighted by atomic mass is 19.4. The van der Waals surface area contributed by atoms with Crippen molar-refractivity contribution in [1.82, 2.24) is 25.1 Å². The average molecular weight is 461 g/mol. The zero-order valence-corrected chi connectivity index (χ0v) is 16.9. The summed E-state index contributed by atoms with van der Waals surface area (Å²) in [5, 5.41) is 7.27. The van der Waals surface area contributed by atoms with Gasteiger partial charge in [0.2, 0.25) is 5.95 Å². The molecule has 0 spiro atoms. The lowest BCUT2D eigenvalue weighted by molar-refractivity contribution is -0.158. The summed E-state index contributed by atoms with van der Waals surface area (Å²) < 4.78 is 67.0. The molecule has 0 unspecified atom stereocenters. The summed E-state index contributed by atoms with van der Waals surface area (Å²) in [5.74, 6) is -5.09. The minimum atomic E-state index is -4.92. The number of nitrogens with one attached hydrogen (secondary N) is 2. The number of aromatic amines is 1. The molecule has 0 atom stereocenters. The van der Waals surface area contributed by atoms with Gasteiger partial charge in [-0.3, -0.25) is 9.59 Å². The number of anilines is 2. The Morgan fingerprint density at radius 1 is 1.12 bits per heavy atom. The molecular formula is C18H20F5N7O2. The maximum Gasteiger partial charge on any atom is 0.421 e. The van der Waals surface area contributed by atoms with Crippen LogP contribution in [0, 0.1) is 6.92 Å². The third-order valence-electron chi connectivity index (χ3n) is 4.78. The Morgan fingerprint density at radius 3 is 2.34 bits per heavy atom. The number of aromatic nitrogens is 4. The fourth-order valence-electron chi connectivity index (χ4n) is 3.05. The first kappa shape index (κ1) is 23.3. The highest BCUT2D eigenvalue weighted by Crippen LogP contribution is 2.27. The lowest BCUT2D eigenvalue weighted by Crippen LogP contribution is -2.54. The van der Waals surface area contributed by atoms with Gasteiger partial charge >= 0.3 is 12.1 Å². The molecule has 1 aliphatic heterocycles. The molecule has 0 saturated carbocycles. The molecule has 3 heterocycles. The fraction of sp³-hybridized carbons (Fsp3) is 0.500. The van der Waals surface area contributed by atoms with Gasteiger partial charge in [0.25, 0.3) is 11.5 Å². The molecule has 0 bridgehead atoms. The number of halogens is 5. The van der Waals surface area contributed by atoms with Crippen LogP contribution < -0.4 is 15.8 Å². The second-order valence-corrected chi connectivity index (χ2v) is 7.21. The number of carbonyl (C=O) groups excluding carboxylic acids is 1. The maximum absolute atomic E-state index is 14.4. The lowest BCUT2D eigenvalue weighted by Gasteiger charge is -2.36. The van der Waals surface area contributed by atoms with Crippen molar-refractivity contribution in [3.63, 3.8) is 0 Å². The molecule has 3 rings (SSSR count). The van der Waals surface area contributed by atoms with E-state index in [4.69, 9.17) is 0 Å². The van der Waals surface area contributed by atoms with Crippen molar-refractivity contribution in [1.29, 1.82) is 0 Å². The van der Waals surface area contributed by atoms with E-state index >= 15 is 0 Å². The molecule has 174 valence electrons. The zero-order chi connectivity index (χ0) is 23.5. The zero-order valence-electron chi connectivity index (χ0n) is 16.9. The van der Waals surface area contributed by atoms with E-state index in [0.717, 1.165) is 10.5 Å². The molecule has 0 radical (unpaired) electrons. The Labute approximate surface area is 178 Å². The molecule has 2 aromatic heterocycles. The van der Waals surface area contributed by atoms with Crippen LogP contribution in [0.3, 0.4) is 0 Å². The largest absolute Gasteiger partial charge is 0.421 e. The van der Waals surface area contributed by atoms with Crippen molar-refractivity contribution in [3.05, 3.63) is 39.9 Å². The van der Waals surface area contributed by atoms with Gasteiger partial charge < -0.3 is 15.1 Å². The lowest BCUT2D eigenvalue weighted by atomic mass is 10.2. The highest BCUT2D eigenvalue weighted by molar-refractivity contribution is 5.83. The van der Waals surface area contributed by atoms with E-state index in [1.54, 1.807) is 22.4 Å². The molecule has 1 amide bonds. The number of hydrogen-bond donors (Lipinski definition) is 2. The smallest absolute Gasteiger partial charge is 0.368 e. The van der Waals surface area contributed by atoms with Crippen LogP contribution in [0.1, 0.15) is 17.5 Å². The summed E-state index contributed by atoms with van der Waals surface area (Å²) in [4.78, 5) is 34.6. The second kappa shape index (κ2) is 9.04. The second-order valence-electron chi connectivity index (χ2n) is 7.21. The summed E-state index contributed by atoms with van der Waals surface area (Å²) in [6, 6.07) is 0.422. The Bertz CT molecular complexity index is 1000. The van der Waals surface area contributed by atoms with Gasteiger partial charge in [0.15, 0.2) is 0 Å². The van der Waals surface area contributed by atoms with Crippen LogP contribution in [0.25, 0.3) is 0 Å². The quantitative estimate of drug-likeness (QED) is 0.631. The molecule has 32 heavy (non-hydrogen) atoms. The minimum absolute atomic E-state index is 0.0511.